The zero-order valence-corrected chi connectivity index (χ0v) is 14.8. The SMILES string of the molecule is CC(=O)N1CCN(C(=O)CCc2ncc(-c3ccc(Cl)cc3)o2)CC1. The van der Waals surface area contributed by atoms with E-state index in [0.29, 0.717) is 55.7 Å². The van der Waals surface area contributed by atoms with Gasteiger partial charge in [-0.1, -0.05) is 11.6 Å². The van der Waals surface area contributed by atoms with E-state index in [-0.39, 0.29) is 11.8 Å². The van der Waals surface area contributed by atoms with Crippen molar-refractivity contribution in [3.8, 4) is 11.3 Å². The third-order valence-corrected chi connectivity index (χ3v) is 4.56. The van der Waals surface area contributed by atoms with Gasteiger partial charge in [0.2, 0.25) is 11.8 Å². The Morgan fingerprint density at radius 3 is 2.40 bits per heavy atom. The van der Waals surface area contributed by atoms with E-state index in [1.54, 1.807) is 35.1 Å². The van der Waals surface area contributed by atoms with E-state index >= 15 is 0 Å². The second-order valence-electron chi connectivity index (χ2n) is 6.01. The van der Waals surface area contributed by atoms with Crippen molar-refractivity contribution in [1.29, 1.82) is 0 Å². The van der Waals surface area contributed by atoms with E-state index in [2.05, 4.69) is 4.98 Å². The van der Waals surface area contributed by atoms with Crippen molar-refractivity contribution >= 4 is 23.4 Å². The summed E-state index contributed by atoms with van der Waals surface area (Å²) < 4.78 is 5.72. The maximum atomic E-state index is 12.3. The topological polar surface area (TPSA) is 66.7 Å². The van der Waals surface area contributed by atoms with Gasteiger partial charge in [-0.25, -0.2) is 4.98 Å². The van der Waals surface area contributed by atoms with Crippen LogP contribution in [0, 0.1) is 0 Å². The molecule has 3 rings (SSSR count). The molecular weight excluding hydrogens is 342 g/mol. The summed E-state index contributed by atoms with van der Waals surface area (Å²) in [6.07, 6.45) is 2.47. The lowest BCUT2D eigenvalue weighted by Gasteiger charge is -2.34. The minimum absolute atomic E-state index is 0.0570. The lowest BCUT2D eigenvalue weighted by molar-refractivity contribution is -0.138. The first-order valence-corrected chi connectivity index (χ1v) is 8.64. The highest BCUT2D eigenvalue weighted by Gasteiger charge is 2.22. The summed E-state index contributed by atoms with van der Waals surface area (Å²) in [5.74, 6) is 1.32. The van der Waals surface area contributed by atoms with Crippen LogP contribution >= 0.6 is 11.6 Å². The van der Waals surface area contributed by atoms with Crippen LogP contribution in [-0.2, 0) is 16.0 Å². The highest BCUT2D eigenvalue weighted by molar-refractivity contribution is 6.30. The Morgan fingerprint density at radius 1 is 1.12 bits per heavy atom. The van der Waals surface area contributed by atoms with Gasteiger partial charge in [-0.05, 0) is 24.3 Å². The number of hydrogen-bond acceptors (Lipinski definition) is 4. The number of carbonyl (C=O) groups excluding carboxylic acids is 2. The molecule has 2 heterocycles. The van der Waals surface area contributed by atoms with Crippen molar-refractivity contribution in [2.24, 2.45) is 0 Å². The number of nitrogens with zero attached hydrogens (tertiary/aromatic N) is 3. The summed E-state index contributed by atoms with van der Waals surface area (Å²) in [4.78, 5) is 31.4. The molecule has 0 radical (unpaired) electrons. The average molecular weight is 362 g/mol. The first-order valence-electron chi connectivity index (χ1n) is 8.27. The van der Waals surface area contributed by atoms with Gasteiger partial charge >= 0.3 is 0 Å². The maximum absolute atomic E-state index is 12.3. The van der Waals surface area contributed by atoms with Crippen LogP contribution in [0.3, 0.4) is 0 Å². The minimum atomic E-state index is 0.0570. The molecule has 1 saturated heterocycles. The summed E-state index contributed by atoms with van der Waals surface area (Å²) >= 11 is 5.88. The third-order valence-electron chi connectivity index (χ3n) is 4.31. The number of benzene rings is 1. The molecular formula is C18H20ClN3O3. The standard InChI is InChI=1S/C18H20ClN3O3/c1-13(23)21-8-10-22(11-9-21)18(24)7-6-17-20-12-16(25-17)14-2-4-15(19)5-3-14/h2-5,12H,6-11H2,1H3. The lowest BCUT2D eigenvalue weighted by atomic mass is 10.2. The van der Waals surface area contributed by atoms with Crippen LogP contribution in [-0.4, -0.2) is 52.8 Å². The first kappa shape index (κ1) is 17.5. The Balaban J connectivity index is 1.51. The van der Waals surface area contributed by atoms with E-state index in [1.807, 2.05) is 12.1 Å². The Morgan fingerprint density at radius 2 is 1.76 bits per heavy atom. The number of amides is 2. The van der Waals surface area contributed by atoms with Crippen molar-refractivity contribution in [2.45, 2.75) is 19.8 Å². The molecule has 1 aliphatic heterocycles. The predicted molar refractivity (Wildman–Crippen MR) is 94.1 cm³/mol. The molecule has 0 bridgehead atoms. The molecule has 0 saturated carbocycles. The molecule has 2 amide bonds. The third kappa shape index (κ3) is 4.39. The number of rotatable bonds is 4. The van der Waals surface area contributed by atoms with E-state index in [1.165, 1.54) is 0 Å². The zero-order chi connectivity index (χ0) is 17.8. The molecule has 1 aromatic carbocycles. The second kappa shape index (κ2) is 7.70. The minimum Gasteiger partial charge on any atom is -0.441 e. The predicted octanol–water partition coefficient (Wildman–Crippen LogP) is 2.62. The molecule has 0 N–H and O–H groups in total. The van der Waals surface area contributed by atoms with Crippen LogP contribution in [0.5, 0.6) is 0 Å². The fourth-order valence-corrected chi connectivity index (χ4v) is 2.94. The van der Waals surface area contributed by atoms with Gasteiger partial charge < -0.3 is 14.2 Å². The molecule has 132 valence electrons. The second-order valence-corrected chi connectivity index (χ2v) is 6.45. The maximum Gasteiger partial charge on any atom is 0.223 e. The Labute approximate surface area is 151 Å². The number of oxazole rings is 1. The molecule has 1 aromatic heterocycles. The molecule has 0 unspecified atom stereocenters. The Hall–Kier alpha value is -2.34. The van der Waals surface area contributed by atoms with Crippen LogP contribution in [0.4, 0.5) is 0 Å². The van der Waals surface area contributed by atoms with Crippen LogP contribution in [0.15, 0.2) is 34.9 Å². The van der Waals surface area contributed by atoms with Crippen LogP contribution < -0.4 is 0 Å². The van der Waals surface area contributed by atoms with Crippen molar-refractivity contribution < 1.29 is 14.0 Å². The van der Waals surface area contributed by atoms with Crippen molar-refractivity contribution in [2.75, 3.05) is 26.2 Å². The summed E-state index contributed by atoms with van der Waals surface area (Å²) in [5.41, 5.74) is 0.898. The lowest BCUT2D eigenvalue weighted by Crippen LogP contribution is -2.50. The van der Waals surface area contributed by atoms with E-state index in [4.69, 9.17) is 16.0 Å². The average Bonchev–Trinajstić information content (AvgIpc) is 3.09. The van der Waals surface area contributed by atoms with Crippen LogP contribution in [0.2, 0.25) is 5.02 Å². The van der Waals surface area contributed by atoms with Gasteiger partial charge in [0.15, 0.2) is 11.7 Å². The first-order chi connectivity index (χ1) is 12.0. The number of aromatic nitrogens is 1. The molecule has 0 aliphatic carbocycles. The van der Waals surface area contributed by atoms with E-state index in [0.717, 1.165) is 5.56 Å². The van der Waals surface area contributed by atoms with Gasteiger partial charge in [0, 0.05) is 56.5 Å². The number of piperazine rings is 1. The highest BCUT2D eigenvalue weighted by atomic mass is 35.5. The molecule has 6 nitrogen and oxygen atoms in total. The summed E-state index contributed by atoms with van der Waals surface area (Å²) in [6.45, 7) is 3.92. The molecule has 25 heavy (non-hydrogen) atoms. The van der Waals surface area contributed by atoms with Crippen LogP contribution in [0.1, 0.15) is 19.2 Å². The molecule has 2 aromatic rings. The van der Waals surface area contributed by atoms with Crippen LogP contribution in [0.25, 0.3) is 11.3 Å². The molecule has 1 aliphatic rings. The fraction of sp³-hybridized carbons (Fsp3) is 0.389. The van der Waals surface area contributed by atoms with Gasteiger partial charge in [0.05, 0.1) is 6.20 Å². The van der Waals surface area contributed by atoms with Crippen molar-refractivity contribution in [3.05, 3.63) is 41.4 Å². The Kier molecular flexibility index (Phi) is 5.38. The normalized spacial score (nSPS) is 14.6. The summed E-state index contributed by atoms with van der Waals surface area (Å²) in [6, 6.07) is 7.32. The van der Waals surface area contributed by atoms with Gasteiger partial charge in [-0.2, -0.15) is 0 Å². The van der Waals surface area contributed by atoms with E-state index < -0.39 is 0 Å². The number of hydrogen-bond donors (Lipinski definition) is 0. The highest BCUT2D eigenvalue weighted by Crippen LogP contribution is 2.22. The number of aryl methyl sites for hydroxylation is 1. The van der Waals surface area contributed by atoms with Gasteiger partial charge in [0.1, 0.15) is 0 Å². The zero-order valence-electron chi connectivity index (χ0n) is 14.1. The van der Waals surface area contributed by atoms with Gasteiger partial charge in [0.25, 0.3) is 0 Å². The summed E-state index contributed by atoms with van der Waals surface area (Å²) in [7, 11) is 0. The van der Waals surface area contributed by atoms with Crippen molar-refractivity contribution in [3.63, 3.8) is 0 Å². The molecule has 7 heteroatoms. The molecule has 0 spiro atoms. The monoisotopic (exact) mass is 361 g/mol. The smallest absolute Gasteiger partial charge is 0.223 e. The molecule has 1 fully saturated rings. The Bertz CT molecular complexity index is 749. The van der Waals surface area contributed by atoms with Gasteiger partial charge in [-0.3, -0.25) is 9.59 Å². The number of carbonyl (C=O) groups is 2. The van der Waals surface area contributed by atoms with Gasteiger partial charge in [-0.15, -0.1) is 0 Å². The summed E-state index contributed by atoms with van der Waals surface area (Å²) in [5, 5.41) is 0.666. The van der Waals surface area contributed by atoms with E-state index in [9.17, 15) is 9.59 Å². The number of halogens is 1. The molecule has 0 atom stereocenters. The van der Waals surface area contributed by atoms with Crippen molar-refractivity contribution in [1.82, 2.24) is 14.8 Å². The largest absolute Gasteiger partial charge is 0.441 e. The fourth-order valence-electron chi connectivity index (χ4n) is 2.82. The quantitative estimate of drug-likeness (QED) is 0.839.